The summed E-state index contributed by atoms with van der Waals surface area (Å²) >= 11 is 0. The van der Waals surface area contributed by atoms with Gasteiger partial charge in [0, 0.05) is 6.42 Å². The number of hydrogen-bond donors (Lipinski definition) is 2. The zero-order chi connectivity index (χ0) is 15.1. The Balaban J connectivity index is 2.23. The number of carbonyl (C=O) groups is 1. The molecule has 21 heavy (non-hydrogen) atoms. The second kappa shape index (κ2) is 7.00. The average Bonchev–Trinajstić information content (AvgIpc) is 2.49. The molecule has 0 bridgehead atoms. The Hall–Kier alpha value is -2.95. The first kappa shape index (κ1) is 14.5. The monoisotopic (exact) mass is 281 g/mol. The molecule has 2 rings (SSSR count). The average molecular weight is 281 g/mol. The SMILES string of the molecule is NC(=O)C(N=Nc1ccccc1)=C(O)Cc1ccccc1. The van der Waals surface area contributed by atoms with Crippen molar-refractivity contribution < 1.29 is 9.90 Å². The zero-order valence-electron chi connectivity index (χ0n) is 11.3. The molecule has 3 N–H and O–H groups in total. The molecule has 0 aromatic heterocycles. The van der Waals surface area contributed by atoms with Crippen LogP contribution in [0.15, 0.2) is 82.3 Å². The molecule has 0 spiro atoms. The number of amides is 1. The van der Waals surface area contributed by atoms with E-state index in [-0.39, 0.29) is 17.9 Å². The van der Waals surface area contributed by atoms with Crippen molar-refractivity contribution in [3.63, 3.8) is 0 Å². The van der Waals surface area contributed by atoms with E-state index in [1.807, 2.05) is 36.4 Å². The van der Waals surface area contributed by atoms with Gasteiger partial charge >= 0.3 is 0 Å². The van der Waals surface area contributed by atoms with Gasteiger partial charge in [0.25, 0.3) is 5.91 Å². The molecule has 0 saturated carbocycles. The van der Waals surface area contributed by atoms with Crippen molar-refractivity contribution in [3.05, 3.63) is 77.7 Å². The molecular weight excluding hydrogens is 266 g/mol. The van der Waals surface area contributed by atoms with Gasteiger partial charge in [-0.3, -0.25) is 4.79 Å². The molecule has 0 aliphatic heterocycles. The van der Waals surface area contributed by atoms with Crippen molar-refractivity contribution in [1.29, 1.82) is 0 Å². The molecule has 106 valence electrons. The van der Waals surface area contributed by atoms with E-state index < -0.39 is 5.91 Å². The molecule has 0 atom stereocenters. The largest absolute Gasteiger partial charge is 0.509 e. The lowest BCUT2D eigenvalue weighted by molar-refractivity contribution is -0.114. The molecule has 5 heteroatoms. The Bertz CT molecular complexity index is 664. The van der Waals surface area contributed by atoms with E-state index >= 15 is 0 Å². The third-order valence-corrected chi connectivity index (χ3v) is 2.74. The van der Waals surface area contributed by atoms with E-state index in [1.54, 1.807) is 24.3 Å². The molecule has 5 nitrogen and oxygen atoms in total. The first-order valence-electron chi connectivity index (χ1n) is 6.39. The van der Waals surface area contributed by atoms with Crippen LogP contribution in [0.1, 0.15) is 5.56 Å². The molecule has 0 unspecified atom stereocenters. The number of allylic oxidation sites excluding steroid dienone is 1. The van der Waals surface area contributed by atoms with E-state index in [9.17, 15) is 9.90 Å². The highest BCUT2D eigenvalue weighted by molar-refractivity contribution is 5.91. The Morgan fingerprint density at radius 3 is 2.14 bits per heavy atom. The number of nitrogens with two attached hydrogens (primary N) is 1. The molecule has 1 amide bonds. The van der Waals surface area contributed by atoms with E-state index in [0.29, 0.717) is 5.69 Å². The van der Waals surface area contributed by atoms with Gasteiger partial charge in [-0.1, -0.05) is 48.5 Å². The Labute approximate surface area is 122 Å². The van der Waals surface area contributed by atoms with Crippen LogP contribution in [0, 0.1) is 0 Å². The fourth-order valence-electron chi connectivity index (χ4n) is 1.72. The third kappa shape index (κ3) is 4.28. The lowest BCUT2D eigenvalue weighted by Gasteiger charge is -2.03. The number of aliphatic hydroxyl groups excluding tert-OH is 1. The van der Waals surface area contributed by atoms with Crippen molar-refractivity contribution in [1.82, 2.24) is 0 Å². The second-order valence-electron chi connectivity index (χ2n) is 4.36. The number of carbonyl (C=O) groups excluding carboxylic acids is 1. The fraction of sp³-hybridized carbons (Fsp3) is 0.0625. The van der Waals surface area contributed by atoms with E-state index in [0.717, 1.165) is 5.56 Å². The molecule has 0 radical (unpaired) electrons. The minimum atomic E-state index is -0.817. The summed E-state index contributed by atoms with van der Waals surface area (Å²) in [4.78, 5) is 11.4. The van der Waals surface area contributed by atoms with Crippen molar-refractivity contribution >= 4 is 11.6 Å². The van der Waals surface area contributed by atoms with Gasteiger partial charge in [-0.05, 0) is 17.7 Å². The second-order valence-corrected chi connectivity index (χ2v) is 4.36. The molecule has 2 aromatic carbocycles. The van der Waals surface area contributed by atoms with Crippen LogP contribution in [-0.2, 0) is 11.2 Å². The van der Waals surface area contributed by atoms with Crippen LogP contribution >= 0.6 is 0 Å². The Morgan fingerprint density at radius 2 is 1.57 bits per heavy atom. The number of azo groups is 1. The number of benzene rings is 2. The van der Waals surface area contributed by atoms with Gasteiger partial charge < -0.3 is 10.8 Å². The molecule has 0 fully saturated rings. The molecule has 2 aromatic rings. The summed E-state index contributed by atoms with van der Waals surface area (Å²) in [5.74, 6) is -1.02. The summed E-state index contributed by atoms with van der Waals surface area (Å²) in [5, 5.41) is 17.7. The van der Waals surface area contributed by atoms with Crippen LogP contribution in [0.2, 0.25) is 0 Å². The number of primary amides is 1. The maximum atomic E-state index is 11.4. The van der Waals surface area contributed by atoms with Gasteiger partial charge in [-0.25, -0.2) is 0 Å². The van der Waals surface area contributed by atoms with Crippen molar-refractivity contribution in [2.45, 2.75) is 6.42 Å². The summed E-state index contributed by atoms with van der Waals surface area (Å²) in [6.45, 7) is 0. The summed E-state index contributed by atoms with van der Waals surface area (Å²) in [6.07, 6.45) is 0.174. The highest BCUT2D eigenvalue weighted by atomic mass is 16.3. The minimum absolute atomic E-state index is 0.174. The van der Waals surface area contributed by atoms with Crippen LogP contribution in [0.4, 0.5) is 5.69 Å². The Morgan fingerprint density at radius 1 is 1.00 bits per heavy atom. The van der Waals surface area contributed by atoms with Gasteiger partial charge in [0.1, 0.15) is 5.76 Å². The van der Waals surface area contributed by atoms with Crippen LogP contribution in [0.5, 0.6) is 0 Å². The highest BCUT2D eigenvalue weighted by Gasteiger charge is 2.12. The third-order valence-electron chi connectivity index (χ3n) is 2.74. The van der Waals surface area contributed by atoms with Crippen molar-refractivity contribution in [2.24, 2.45) is 16.0 Å². The molecular formula is C16H15N3O2. The van der Waals surface area contributed by atoms with Gasteiger partial charge in [0.05, 0.1) is 5.69 Å². The maximum Gasteiger partial charge on any atom is 0.272 e. The number of hydrogen-bond acceptors (Lipinski definition) is 4. The normalized spacial score (nSPS) is 12.2. The lowest BCUT2D eigenvalue weighted by Crippen LogP contribution is -2.15. The standard InChI is InChI=1S/C16H15N3O2/c17-16(21)15(19-18-13-9-5-2-6-10-13)14(20)11-12-7-3-1-4-8-12/h1-10,20H,11H2,(H2,17,21). The first-order chi connectivity index (χ1) is 10.2. The lowest BCUT2D eigenvalue weighted by atomic mass is 10.1. The predicted molar refractivity (Wildman–Crippen MR) is 80.0 cm³/mol. The zero-order valence-corrected chi connectivity index (χ0v) is 11.3. The smallest absolute Gasteiger partial charge is 0.272 e. The van der Waals surface area contributed by atoms with E-state index in [1.165, 1.54) is 0 Å². The van der Waals surface area contributed by atoms with Gasteiger partial charge in [-0.15, -0.1) is 5.11 Å². The number of rotatable bonds is 5. The molecule has 0 aliphatic carbocycles. The van der Waals surface area contributed by atoms with Gasteiger partial charge in [0.2, 0.25) is 0 Å². The number of nitrogens with zero attached hydrogens (tertiary/aromatic N) is 2. The molecule has 0 heterocycles. The summed E-state index contributed by atoms with van der Waals surface area (Å²) in [7, 11) is 0. The van der Waals surface area contributed by atoms with E-state index in [2.05, 4.69) is 10.2 Å². The highest BCUT2D eigenvalue weighted by Crippen LogP contribution is 2.15. The van der Waals surface area contributed by atoms with Crippen LogP contribution in [0.25, 0.3) is 0 Å². The topological polar surface area (TPSA) is 88.0 Å². The summed E-state index contributed by atoms with van der Waals surface area (Å²) < 4.78 is 0. The van der Waals surface area contributed by atoms with Crippen molar-refractivity contribution in [3.8, 4) is 0 Å². The van der Waals surface area contributed by atoms with E-state index in [4.69, 9.17) is 5.73 Å². The van der Waals surface area contributed by atoms with Crippen LogP contribution in [0.3, 0.4) is 0 Å². The van der Waals surface area contributed by atoms with Gasteiger partial charge in [0.15, 0.2) is 5.70 Å². The first-order valence-corrected chi connectivity index (χ1v) is 6.39. The van der Waals surface area contributed by atoms with Crippen LogP contribution in [-0.4, -0.2) is 11.0 Å². The van der Waals surface area contributed by atoms with Crippen LogP contribution < -0.4 is 5.73 Å². The summed E-state index contributed by atoms with van der Waals surface area (Å²) in [6, 6.07) is 18.1. The fourth-order valence-corrected chi connectivity index (χ4v) is 1.72. The number of aliphatic hydroxyl groups is 1. The maximum absolute atomic E-state index is 11.4. The minimum Gasteiger partial charge on any atom is -0.509 e. The quantitative estimate of drug-likeness (QED) is 0.500. The Kier molecular flexibility index (Phi) is 4.82. The van der Waals surface area contributed by atoms with Gasteiger partial charge in [-0.2, -0.15) is 5.11 Å². The molecule has 0 aliphatic rings. The van der Waals surface area contributed by atoms with Crippen molar-refractivity contribution in [2.75, 3.05) is 0 Å². The predicted octanol–water partition coefficient (Wildman–Crippen LogP) is 3.27. The molecule has 0 saturated heterocycles. The summed E-state index contributed by atoms with van der Waals surface area (Å²) in [5.41, 5.74) is 6.43.